The van der Waals surface area contributed by atoms with Crippen molar-refractivity contribution in [2.45, 2.75) is 25.7 Å². The summed E-state index contributed by atoms with van der Waals surface area (Å²) in [5, 5.41) is 3.32. The quantitative estimate of drug-likeness (QED) is 0.843. The first-order chi connectivity index (χ1) is 12.5. The number of hydrogen-bond acceptors (Lipinski definition) is 3. The van der Waals surface area contributed by atoms with Crippen LogP contribution in [0, 0.1) is 17.6 Å². The van der Waals surface area contributed by atoms with E-state index in [-0.39, 0.29) is 29.8 Å². The molecule has 0 unspecified atom stereocenters. The summed E-state index contributed by atoms with van der Waals surface area (Å²) >= 11 is 0. The monoisotopic (exact) mass is 401 g/mol. The highest BCUT2D eigenvalue weighted by molar-refractivity contribution is 5.94. The molecule has 5 nitrogen and oxygen atoms in total. The predicted octanol–water partition coefficient (Wildman–Crippen LogP) is 2.45. The number of piperazine rings is 1. The van der Waals surface area contributed by atoms with Crippen LogP contribution < -0.4 is 5.32 Å². The fourth-order valence-electron chi connectivity index (χ4n) is 3.63. The second kappa shape index (κ2) is 9.99. The van der Waals surface area contributed by atoms with Crippen LogP contribution in [-0.2, 0) is 4.79 Å². The Morgan fingerprint density at radius 3 is 2.26 bits per heavy atom. The van der Waals surface area contributed by atoms with Gasteiger partial charge in [0.05, 0.1) is 0 Å². The molecule has 0 bridgehead atoms. The van der Waals surface area contributed by atoms with Gasteiger partial charge in [-0.25, -0.2) is 8.78 Å². The molecule has 0 radical (unpaired) electrons. The molecular formula is C19H26ClF2N3O2. The van der Waals surface area contributed by atoms with Crippen LogP contribution in [0.4, 0.5) is 8.78 Å². The van der Waals surface area contributed by atoms with Gasteiger partial charge in [-0.05, 0) is 56.5 Å². The number of nitrogens with zero attached hydrogens (tertiary/aromatic N) is 2. The van der Waals surface area contributed by atoms with Crippen molar-refractivity contribution in [3.63, 3.8) is 0 Å². The minimum atomic E-state index is -1.03. The lowest BCUT2D eigenvalue weighted by Gasteiger charge is -2.35. The summed E-state index contributed by atoms with van der Waals surface area (Å²) in [6.07, 6.45) is 3.74. The number of carbonyl (C=O) groups is 2. The van der Waals surface area contributed by atoms with Crippen molar-refractivity contribution in [3.8, 4) is 0 Å². The third-order valence-electron chi connectivity index (χ3n) is 5.31. The molecule has 27 heavy (non-hydrogen) atoms. The minimum Gasteiger partial charge on any atom is -0.339 e. The molecule has 8 heteroatoms. The number of hydrogen-bond donors (Lipinski definition) is 1. The second-order valence-electron chi connectivity index (χ2n) is 7.03. The van der Waals surface area contributed by atoms with E-state index < -0.39 is 11.6 Å². The average molecular weight is 402 g/mol. The highest BCUT2D eigenvalue weighted by atomic mass is 35.5. The number of rotatable bonds is 4. The lowest BCUT2D eigenvalue weighted by Crippen LogP contribution is -2.50. The first-order valence-electron chi connectivity index (χ1n) is 9.27. The van der Waals surface area contributed by atoms with Crippen LogP contribution in [0.3, 0.4) is 0 Å². The zero-order chi connectivity index (χ0) is 18.5. The predicted molar refractivity (Wildman–Crippen MR) is 101 cm³/mol. The van der Waals surface area contributed by atoms with Crippen LogP contribution in [0.1, 0.15) is 36.0 Å². The largest absolute Gasteiger partial charge is 0.339 e. The normalized spacial score (nSPS) is 18.1. The van der Waals surface area contributed by atoms with Crippen LogP contribution in [0.2, 0.25) is 0 Å². The molecule has 0 atom stereocenters. The Bertz CT molecular complexity index is 660. The van der Waals surface area contributed by atoms with Crippen molar-refractivity contribution in [2.24, 2.45) is 5.92 Å². The SMILES string of the molecule is Cl.O=C(CCC1CCNCC1)N1CCN(C(=O)c2ccc(F)c(F)c2)CC1. The van der Waals surface area contributed by atoms with Crippen molar-refractivity contribution in [2.75, 3.05) is 39.3 Å². The summed E-state index contributed by atoms with van der Waals surface area (Å²) in [6, 6.07) is 3.18. The van der Waals surface area contributed by atoms with Gasteiger partial charge < -0.3 is 15.1 Å². The molecule has 2 aliphatic rings. The van der Waals surface area contributed by atoms with E-state index in [1.165, 1.54) is 6.07 Å². The third-order valence-corrected chi connectivity index (χ3v) is 5.31. The van der Waals surface area contributed by atoms with E-state index in [1.54, 1.807) is 9.80 Å². The van der Waals surface area contributed by atoms with E-state index in [4.69, 9.17) is 0 Å². The molecule has 2 fully saturated rings. The molecule has 2 saturated heterocycles. The van der Waals surface area contributed by atoms with E-state index in [0.29, 0.717) is 38.5 Å². The molecule has 1 N–H and O–H groups in total. The van der Waals surface area contributed by atoms with Gasteiger partial charge in [0.25, 0.3) is 5.91 Å². The standard InChI is InChI=1S/C19H25F2N3O2.ClH/c20-16-3-2-15(13-17(16)21)19(26)24-11-9-23(10-12-24)18(25)4-1-14-5-7-22-8-6-14;/h2-3,13-14,22H,1,4-12H2;1H. The van der Waals surface area contributed by atoms with Gasteiger partial charge in [-0.1, -0.05) is 0 Å². The van der Waals surface area contributed by atoms with Crippen LogP contribution in [0.25, 0.3) is 0 Å². The van der Waals surface area contributed by atoms with Crippen LogP contribution in [0.15, 0.2) is 18.2 Å². The lowest BCUT2D eigenvalue weighted by atomic mass is 9.93. The van der Waals surface area contributed by atoms with Crippen molar-refractivity contribution in [3.05, 3.63) is 35.4 Å². The molecule has 3 rings (SSSR count). The maximum absolute atomic E-state index is 13.3. The molecule has 0 saturated carbocycles. The number of halogens is 3. The molecule has 1 aromatic carbocycles. The summed E-state index contributed by atoms with van der Waals surface area (Å²) in [7, 11) is 0. The van der Waals surface area contributed by atoms with Gasteiger partial charge in [-0.15, -0.1) is 12.4 Å². The van der Waals surface area contributed by atoms with Crippen LogP contribution in [0.5, 0.6) is 0 Å². The fraction of sp³-hybridized carbons (Fsp3) is 0.579. The summed E-state index contributed by atoms with van der Waals surface area (Å²) in [6.45, 7) is 3.86. The van der Waals surface area contributed by atoms with Gasteiger partial charge in [-0.2, -0.15) is 0 Å². The zero-order valence-electron chi connectivity index (χ0n) is 15.3. The summed E-state index contributed by atoms with van der Waals surface area (Å²) in [5.41, 5.74) is 0.134. The number of amides is 2. The van der Waals surface area contributed by atoms with E-state index in [9.17, 15) is 18.4 Å². The molecule has 0 aromatic heterocycles. The maximum Gasteiger partial charge on any atom is 0.254 e. The Morgan fingerprint density at radius 1 is 1.00 bits per heavy atom. The summed E-state index contributed by atoms with van der Waals surface area (Å²) in [5.74, 6) is -1.56. The third kappa shape index (κ3) is 5.62. The second-order valence-corrected chi connectivity index (χ2v) is 7.03. The number of carbonyl (C=O) groups excluding carboxylic acids is 2. The molecule has 2 heterocycles. The van der Waals surface area contributed by atoms with E-state index in [1.807, 2.05) is 0 Å². The Kier molecular flexibility index (Phi) is 7.98. The fourth-order valence-corrected chi connectivity index (χ4v) is 3.63. The first-order valence-corrected chi connectivity index (χ1v) is 9.27. The average Bonchev–Trinajstić information content (AvgIpc) is 2.68. The minimum absolute atomic E-state index is 0. The van der Waals surface area contributed by atoms with Gasteiger partial charge in [0.1, 0.15) is 0 Å². The van der Waals surface area contributed by atoms with Crippen LogP contribution in [-0.4, -0.2) is 60.9 Å². The van der Waals surface area contributed by atoms with Crippen molar-refractivity contribution >= 4 is 24.2 Å². The number of nitrogens with one attached hydrogen (secondary N) is 1. The van der Waals surface area contributed by atoms with Gasteiger partial charge >= 0.3 is 0 Å². The molecule has 0 aliphatic carbocycles. The Morgan fingerprint density at radius 2 is 1.63 bits per heavy atom. The van der Waals surface area contributed by atoms with Crippen LogP contribution >= 0.6 is 12.4 Å². The van der Waals surface area contributed by atoms with Gasteiger partial charge in [-0.3, -0.25) is 9.59 Å². The highest BCUT2D eigenvalue weighted by Gasteiger charge is 2.26. The van der Waals surface area contributed by atoms with Gasteiger partial charge in [0.15, 0.2) is 11.6 Å². The van der Waals surface area contributed by atoms with Crippen molar-refractivity contribution in [1.29, 1.82) is 0 Å². The van der Waals surface area contributed by atoms with E-state index in [0.717, 1.165) is 44.5 Å². The summed E-state index contributed by atoms with van der Waals surface area (Å²) in [4.78, 5) is 28.2. The van der Waals surface area contributed by atoms with Crippen molar-refractivity contribution < 1.29 is 18.4 Å². The van der Waals surface area contributed by atoms with E-state index in [2.05, 4.69) is 5.32 Å². The highest BCUT2D eigenvalue weighted by Crippen LogP contribution is 2.19. The number of benzene rings is 1. The maximum atomic E-state index is 13.3. The molecular weight excluding hydrogens is 376 g/mol. The Hall–Kier alpha value is -1.73. The summed E-state index contributed by atoms with van der Waals surface area (Å²) < 4.78 is 26.3. The van der Waals surface area contributed by atoms with E-state index >= 15 is 0 Å². The topological polar surface area (TPSA) is 52.7 Å². The smallest absolute Gasteiger partial charge is 0.254 e. The molecule has 1 aromatic rings. The lowest BCUT2D eigenvalue weighted by molar-refractivity contribution is -0.133. The molecule has 150 valence electrons. The first kappa shape index (κ1) is 21.6. The Balaban J connectivity index is 0.00000261. The Labute approximate surface area is 164 Å². The molecule has 0 spiro atoms. The molecule has 2 aliphatic heterocycles. The van der Waals surface area contributed by atoms with Gasteiger partial charge in [0, 0.05) is 38.2 Å². The molecule has 2 amide bonds. The zero-order valence-corrected chi connectivity index (χ0v) is 16.1. The number of piperidine rings is 1. The van der Waals surface area contributed by atoms with Crippen molar-refractivity contribution in [1.82, 2.24) is 15.1 Å². The van der Waals surface area contributed by atoms with Gasteiger partial charge in [0.2, 0.25) is 5.91 Å².